The number of fused-ring (bicyclic) bond motifs is 3. The summed E-state index contributed by atoms with van der Waals surface area (Å²) >= 11 is 0. The molecule has 0 aliphatic carbocycles. The number of H-pyrrole nitrogens is 1. The van der Waals surface area contributed by atoms with E-state index in [-0.39, 0.29) is 0 Å². The number of nitrogens with one attached hydrogen (secondary N) is 2. The third-order valence-electron chi connectivity index (χ3n) is 4.25. The lowest BCUT2D eigenvalue weighted by Crippen LogP contribution is -1.96. The maximum absolute atomic E-state index is 11.8. The van der Waals surface area contributed by atoms with E-state index in [4.69, 9.17) is 0 Å². The van der Waals surface area contributed by atoms with Crippen molar-refractivity contribution in [3.8, 4) is 11.3 Å². The highest BCUT2D eigenvalue weighted by atomic mass is 32.2. The van der Waals surface area contributed by atoms with Crippen molar-refractivity contribution in [2.24, 2.45) is 7.05 Å². The van der Waals surface area contributed by atoms with Crippen LogP contribution in [-0.4, -0.2) is 41.2 Å². The van der Waals surface area contributed by atoms with Crippen LogP contribution in [0.25, 0.3) is 33.3 Å². The second kappa shape index (κ2) is 5.32. The summed E-state index contributed by atoms with van der Waals surface area (Å²) in [6.45, 7) is 0. The molecule has 0 saturated heterocycles. The quantitative estimate of drug-likeness (QED) is 0.589. The van der Waals surface area contributed by atoms with Crippen LogP contribution < -0.4 is 5.32 Å². The second-order valence-corrected chi connectivity index (χ2v) is 8.02. The van der Waals surface area contributed by atoms with Gasteiger partial charge < -0.3 is 14.9 Å². The number of aryl methyl sites for hydroxylation is 1. The summed E-state index contributed by atoms with van der Waals surface area (Å²) in [7, 11) is 0.483. The van der Waals surface area contributed by atoms with Gasteiger partial charge in [0.15, 0.2) is 15.7 Å². The fraction of sp³-hybridized carbons (Fsp3) is 0.176. The average molecular weight is 355 g/mol. The minimum Gasteiger partial charge on any atom is -0.371 e. The number of pyridine rings is 1. The maximum atomic E-state index is 11.8. The van der Waals surface area contributed by atoms with Gasteiger partial charge in [-0.15, -0.1) is 0 Å². The SMILES string of the molecule is CNc1nc2[nH]c(-c3cccc(S(C)(=O)=O)c3)cc2c2c1ncn2C. The lowest BCUT2D eigenvalue weighted by Gasteiger charge is -2.02. The first-order chi connectivity index (χ1) is 11.9. The molecule has 8 heteroatoms. The molecule has 3 aromatic heterocycles. The van der Waals surface area contributed by atoms with Gasteiger partial charge in [-0.25, -0.2) is 18.4 Å². The largest absolute Gasteiger partial charge is 0.371 e. The number of rotatable bonds is 3. The van der Waals surface area contributed by atoms with E-state index >= 15 is 0 Å². The molecule has 0 radical (unpaired) electrons. The number of sulfone groups is 1. The molecule has 0 spiro atoms. The minimum absolute atomic E-state index is 0.290. The van der Waals surface area contributed by atoms with Crippen molar-refractivity contribution < 1.29 is 8.42 Å². The molecule has 0 unspecified atom stereocenters. The van der Waals surface area contributed by atoms with E-state index in [9.17, 15) is 8.42 Å². The van der Waals surface area contributed by atoms with Gasteiger partial charge >= 0.3 is 0 Å². The maximum Gasteiger partial charge on any atom is 0.175 e. The molecule has 0 fully saturated rings. The number of hydrogen-bond donors (Lipinski definition) is 2. The van der Waals surface area contributed by atoms with Gasteiger partial charge in [-0.05, 0) is 23.8 Å². The second-order valence-electron chi connectivity index (χ2n) is 6.01. The molecular formula is C17H17N5O2S. The molecule has 0 amide bonds. The van der Waals surface area contributed by atoms with E-state index in [1.807, 2.05) is 30.8 Å². The molecule has 0 bridgehead atoms. The Morgan fingerprint density at radius 3 is 2.76 bits per heavy atom. The monoisotopic (exact) mass is 355 g/mol. The number of benzene rings is 1. The van der Waals surface area contributed by atoms with Gasteiger partial charge in [0.2, 0.25) is 0 Å². The van der Waals surface area contributed by atoms with Crippen LogP contribution in [0.4, 0.5) is 5.82 Å². The molecule has 0 aliphatic heterocycles. The normalized spacial score (nSPS) is 12.1. The number of anilines is 1. The fourth-order valence-electron chi connectivity index (χ4n) is 3.02. The molecule has 4 aromatic rings. The number of nitrogens with zero attached hydrogens (tertiary/aromatic N) is 3. The highest BCUT2D eigenvalue weighted by Crippen LogP contribution is 2.32. The van der Waals surface area contributed by atoms with Crippen LogP contribution in [-0.2, 0) is 16.9 Å². The Morgan fingerprint density at radius 2 is 2.04 bits per heavy atom. The summed E-state index contributed by atoms with van der Waals surface area (Å²) in [6, 6.07) is 8.85. The smallest absolute Gasteiger partial charge is 0.175 e. The summed E-state index contributed by atoms with van der Waals surface area (Å²) < 4.78 is 25.6. The van der Waals surface area contributed by atoms with Crippen molar-refractivity contribution in [1.29, 1.82) is 0 Å². The third kappa shape index (κ3) is 2.45. The van der Waals surface area contributed by atoms with Gasteiger partial charge in [-0.1, -0.05) is 12.1 Å². The van der Waals surface area contributed by atoms with Crippen LogP contribution in [0, 0.1) is 0 Å². The molecule has 25 heavy (non-hydrogen) atoms. The van der Waals surface area contributed by atoms with Gasteiger partial charge in [-0.3, -0.25) is 0 Å². The predicted molar refractivity (Wildman–Crippen MR) is 98.5 cm³/mol. The van der Waals surface area contributed by atoms with Gasteiger partial charge in [0.1, 0.15) is 11.2 Å². The van der Waals surface area contributed by atoms with Crippen LogP contribution in [0.5, 0.6) is 0 Å². The number of aromatic nitrogens is 4. The molecule has 3 heterocycles. The molecule has 7 nitrogen and oxygen atoms in total. The van der Waals surface area contributed by atoms with E-state index in [1.54, 1.807) is 24.5 Å². The zero-order valence-electron chi connectivity index (χ0n) is 14.0. The average Bonchev–Trinajstić information content (AvgIpc) is 3.17. The molecule has 1 aromatic carbocycles. The van der Waals surface area contributed by atoms with Gasteiger partial charge in [0.25, 0.3) is 0 Å². The number of hydrogen-bond acceptors (Lipinski definition) is 5. The summed E-state index contributed by atoms with van der Waals surface area (Å²) in [6.07, 6.45) is 2.96. The van der Waals surface area contributed by atoms with Crippen LogP contribution in [0.2, 0.25) is 0 Å². The van der Waals surface area contributed by atoms with Gasteiger partial charge in [-0.2, -0.15) is 0 Å². The van der Waals surface area contributed by atoms with Crippen molar-refractivity contribution in [2.45, 2.75) is 4.90 Å². The van der Waals surface area contributed by atoms with E-state index in [0.29, 0.717) is 10.7 Å². The lowest BCUT2D eigenvalue weighted by atomic mass is 10.1. The Labute approximate surface area is 144 Å². The highest BCUT2D eigenvalue weighted by molar-refractivity contribution is 7.90. The molecule has 128 valence electrons. The van der Waals surface area contributed by atoms with E-state index in [0.717, 1.165) is 33.3 Å². The van der Waals surface area contributed by atoms with Gasteiger partial charge in [0, 0.05) is 31.4 Å². The first kappa shape index (κ1) is 15.6. The Morgan fingerprint density at radius 1 is 1.24 bits per heavy atom. The molecule has 0 atom stereocenters. The van der Waals surface area contributed by atoms with E-state index < -0.39 is 9.84 Å². The van der Waals surface area contributed by atoms with Crippen LogP contribution in [0.15, 0.2) is 41.6 Å². The first-order valence-electron chi connectivity index (χ1n) is 7.70. The molecule has 4 rings (SSSR count). The molecule has 0 saturated carbocycles. The van der Waals surface area contributed by atoms with Crippen molar-refractivity contribution >= 4 is 37.7 Å². The molecule has 2 N–H and O–H groups in total. The summed E-state index contributed by atoms with van der Waals surface area (Å²) in [5.41, 5.74) is 4.09. The predicted octanol–water partition coefficient (Wildman–Crippen LogP) is 2.56. The third-order valence-corrected chi connectivity index (χ3v) is 5.36. The first-order valence-corrected chi connectivity index (χ1v) is 9.59. The van der Waals surface area contributed by atoms with E-state index in [1.165, 1.54) is 6.26 Å². The Hall–Kier alpha value is -2.87. The highest BCUT2D eigenvalue weighted by Gasteiger charge is 2.16. The Balaban J connectivity index is 1.99. The summed E-state index contributed by atoms with van der Waals surface area (Å²) in [5.74, 6) is 0.696. The standard InChI is InChI=1S/C17H17N5O2S/c1-18-17-14-15(22(2)9-19-14)12-8-13(20-16(12)21-17)10-5-4-6-11(7-10)25(3,23)24/h4-9H,1-3H3,(H2,18,20,21). The summed E-state index contributed by atoms with van der Waals surface area (Å²) in [4.78, 5) is 12.6. The van der Waals surface area contributed by atoms with Gasteiger partial charge in [0.05, 0.1) is 16.7 Å². The minimum atomic E-state index is -3.26. The van der Waals surface area contributed by atoms with Crippen molar-refractivity contribution in [2.75, 3.05) is 18.6 Å². The Kier molecular flexibility index (Phi) is 3.33. The topological polar surface area (TPSA) is 92.7 Å². The van der Waals surface area contributed by atoms with Crippen molar-refractivity contribution in [1.82, 2.24) is 19.5 Å². The van der Waals surface area contributed by atoms with Crippen molar-refractivity contribution in [3.63, 3.8) is 0 Å². The number of aromatic amines is 1. The van der Waals surface area contributed by atoms with E-state index in [2.05, 4.69) is 20.3 Å². The number of imidazole rings is 1. The zero-order valence-corrected chi connectivity index (χ0v) is 14.8. The van der Waals surface area contributed by atoms with Crippen LogP contribution in [0.3, 0.4) is 0 Å². The fourth-order valence-corrected chi connectivity index (χ4v) is 3.69. The Bertz CT molecular complexity index is 1220. The lowest BCUT2D eigenvalue weighted by molar-refractivity contribution is 0.602. The van der Waals surface area contributed by atoms with Crippen LogP contribution >= 0.6 is 0 Å². The molecular weight excluding hydrogens is 338 g/mol. The van der Waals surface area contributed by atoms with Crippen molar-refractivity contribution in [3.05, 3.63) is 36.7 Å². The summed E-state index contributed by atoms with van der Waals surface area (Å²) in [5, 5.41) is 4.01. The zero-order chi connectivity index (χ0) is 17.8. The molecule has 0 aliphatic rings. The van der Waals surface area contributed by atoms with Crippen LogP contribution in [0.1, 0.15) is 0 Å².